The van der Waals surface area contributed by atoms with Crippen LogP contribution in [0.4, 0.5) is 0 Å². The molecule has 3 aromatic carbocycles. The molecule has 0 heterocycles. The van der Waals surface area contributed by atoms with Crippen LogP contribution in [0.5, 0.6) is 11.5 Å². The summed E-state index contributed by atoms with van der Waals surface area (Å²) in [6.45, 7) is 0. The fourth-order valence-corrected chi connectivity index (χ4v) is 2.65. The van der Waals surface area contributed by atoms with Crippen LogP contribution in [0.2, 0.25) is 5.02 Å². The number of methoxy groups -OCH3 is 1. The number of ketones is 1. The second kappa shape index (κ2) is 9.02. The summed E-state index contributed by atoms with van der Waals surface area (Å²) >= 11 is 6.07. The average Bonchev–Trinajstić information content (AvgIpc) is 2.73. The molecule has 0 aliphatic rings. The Morgan fingerprint density at radius 3 is 2.07 bits per heavy atom. The van der Waals surface area contributed by atoms with E-state index in [9.17, 15) is 9.59 Å². The van der Waals surface area contributed by atoms with Gasteiger partial charge in [0.1, 0.15) is 11.5 Å². The zero-order chi connectivity index (χ0) is 19.9. The molecule has 3 aromatic rings. The number of esters is 1. The molecule has 0 N–H and O–H groups in total. The van der Waals surface area contributed by atoms with E-state index in [4.69, 9.17) is 21.1 Å². The van der Waals surface area contributed by atoms with E-state index in [0.29, 0.717) is 27.6 Å². The third kappa shape index (κ3) is 4.87. The summed E-state index contributed by atoms with van der Waals surface area (Å²) in [6.07, 6.45) is 3.13. The van der Waals surface area contributed by atoms with Crippen molar-refractivity contribution in [2.75, 3.05) is 7.11 Å². The first-order valence-electron chi connectivity index (χ1n) is 8.50. The standard InChI is InChI=1S/C23H17ClO4/c1-27-19-11-8-18(9-12-19)23(26)28-20-13-6-17(7-14-20)22(25)15-10-16-4-2-3-5-21(16)24/h2-15H,1H3/b15-10+. The number of allylic oxidation sites excluding steroid dienone is 1. The van der Waals surface area contributed by atoms with Gasteiger partial charge in [-0.05, 0) is 72.3 Å². The van der Waals surface area contributed by atoms with E-state index < -0.39 is 5.97 Å². The molecular weight excluding hydrogens is 376 g/mol. The number of benzene rings is 3. The summed E-state index contributed by atoms with van der Waals surface area (Å²) in [5.41, 5.74) is 1.65. The topological polar surface area (TPSA) is 52.6 Å². The maximum atomic E-state index is 12.3. The molecule has 0 radical (unpaired) electrons. The quantitative estimate of drug-likeness (QED) is 0.242. The average molecular weight is 393 g/mol. The Balaban J connectivity index is 1.64. The molecule has 4 nitrogen and oxygen atoms in total. The normalized spacial score (nSPS) is 10.6. The van der Waals surface area contributed by atoms with E-state index in [-0.39, 0.29) is 5.78 Å². The summed E-state index contributed by atoms with van der Waals surface area (Å²) in [6, 6.07) is 20.3. The first-order valence-corrected chi connectivity index (χ1v) is 8.88. The molecule has 0 unspecified atom stereocenters. The number of carbonyl (C=O) groups excluding carboxylic acids is 2. The molecule has 0 saturated carbocycles. The Morgan fingerprint density at radius 1 is 0.821 bits per heavy atom. The van der Waals surface area contributed by atoms with Crippen molar-refractivity contribution in [1.82, 2.24) is 0 Å². The number of halogens is 1. The Morgan fingerprint density at radius 2 is 1.43 bits per heavy atom. The van der Waals surface area contributed by atoms with E-state index in [1.54, 1.807) is 67.8 Å². The van der Waals surface area contributed by atoms with E-state index in [1.807, 2.05) is 18.2 Å². The minimum absolute atomic E-state index is 0.173. The van der Waals surface area contributed by atoms with Crippen molar-refractivity contribution in [3.8, 4) is 11.5 Å². The zero-order valence-corrected chi connectivity index (χ0v) is 15.8. The van der Waals surface area contributed by atoms with Gasteiger partial charge in [-0.15, -0.1) is 0 Å². The number of ether oxygens (including phenoxy) is 2. The SMILES string of the molecule is COc1ccc(C(=O)Oc2ccc(C(=O)/C=C/c3ccccc3Cl)cc2)cc1. The predicted octanol–water partition coefficient (Wildman–Crippen LogP) is 5.46. The summed E-state index contributed by atoms with van der Waals surface area (Å²) in [5.74, 6) is 0.352. The molecule has 3 rings (SSSR count). The number of carbonyl (C=O) groups is 2. The second-order valence-corrected chi connectivity index (χ2v) is 6.27. The van der Waals surface area contributed by atoms with Gasteiger partial charge in [-0.2, -0.15) is 0 Å². The molecule has 0 fully saturated rings. The van der Waals surface area contributed by atoms with E-state index >= 15 is 0 Å². The van der Waals surface area contributed by atoms with Crippen molar-refractivity contribution in [1.29, 1.82) is 0 Å². The molecule has 0 saturated heterocycles. The Kier molecular flexibility index (Phi) is 6.25. The maximum Gasteiger partial charge on any atom is 0.343 e. The first-order chi connectivity index (χ1) is 13.6. The molecule has 0 spiro atoms. The van der Waals surface area contributed by atoms with E-state index in [2.05, 4.69) is 0 Å². The van der Waals surface area contributed by atoms with Gasteiger partial charge in [0.25, 0.3) is 0 Å². The molecule has 28 heavy (non-hydrogen) atoms. The summed E-state index contributed by atoms with van der Waals surface area (Å²) in [7, 11) is 1.56. The Hall–Kier alpha value is -3.37. The van der Waals surface area contributed by atoms with Crippen molar-refractivity contribution >= 4 is 29.4 Å². The summed E-state index contributed by atoms with van der Waals surface area (Å²) < 4.78 is 10.4. The molecule has 0 bridgehead atoms. The molecule has 140 valence electrons. The van der Waals surface area contributed by atoms with Crippen LogP contribution in [-0.2, 0) is 0 Å². The Bertz CT molecular complexity index is 1010. The van der Waals surface area contributed by atoms with Crippen LogP contribution >= 0.6 is 11.6 Å². The van der Waals surface area contributed by atoms with Gasteiger partial charge in [-0.3, -0.25) is 4.79 Å². The van der Waals surface area contributed by atoms with Crippen LogP contribution in [0.3, 0.4) is 0 Å². The highest BCUT2D eigenvalue weighted by molar-refractivity contribution is 6.32. The minimum atomic E-state index is -0.486. The van der Waals surface area contributed by atoms with Crippen molar-refractivity contribution in [3.05, 3.63) is 101 Å². The zero-order valence-electron chi connectivity index (χ0n) is 15.1. The lowest BCUT2D eigenvalue weighted by atomic mass is 10.1. The van der Waals surface area contributed by atoms with Gasteiger partial charge in [0, 0.05) is 10.6 Å². The lowest BCUT2D eigenvalue weighted by Crippen LogP contribution is -2.08. The monoisotopic (exact) mass is 392 g/mol. The smallest absolute Gasteiger partial charge is 0.343 e. The maximum absolute atomic E-state index is 12.3. The van der Waals surface area contributed by atoms with Gasteiger partial charge in [-0.1, -0.05) is 29.8 Å². The van der Waals surface area contributed by atoms with Crippen molar-refractivity contribution < 1.29 is 19.1 Å². The third-order valence-electron chi connectivity index (χ3n) is 3.99. The minimum Gasteiger partial charge on any atom is -0.497 e. The second-order valence-electron chi connectivity index (χ2n) is 5.86. The number of hydrogen-bond donors (Lipinski definition) is 0. The Labute approximate surface area is 168 Å². The lowest BCUT2D eigenvalue weighted by molar-refractivity contribution is 0.0734. The molecule has 0 aromatic heterocycles. The van der Waals surface area contributed by atoms with Crippen molar-refractivity contribution in [2.45, 2.75) is 0 Å². The molecule has 0 aliphatic heterocycles. The van der Waals surface area contributed by atoms with Gasteiger partial charge in [0.05, 0.1) is 12.7 Å². The molecule has 0 amide bonds. The third-order valence-corrected chi connectivity index (χ3v) is 4.34. The highest BCUT2D eigenvalue weighted by Gasteiger charge is 2.09. The summed E-state index contributed by atoms with van der Waals surface area (Å²) in [5, 5.41) is 0.576. The molecule has 5 heteroatoms. The van der Waals surface area contributed by atoms with Gasteiger partial charge in [0.15, 0.2) is 5.78 Å². The van der Waals surface area contributed by atoms with Crippen LogP contribution in [0.15, 0.2) is 78.9 Å². The van der Waals surface area contributed by atoms with Crippen LogP contribution in [0.25, 0.3) is 6.08 Å². The van der Waals surface area contributed by atoms with Crippen LogP contribution < -0.4 is 9.47 Å². The van der Waals surface area contributed by atoms with Gasteiger partial charge in [-0.25, -0.2) is 4.79 Å². The lowest BCUT2D eigenvalue weighted by Gasteiger charge is -2.06. The van der Waals surface area contributed by atoms with Gasteiger partial charge >= 0.3 is 5.97 Å². The molecule has 0 atom stereocenters. The van der Waals surface area contributed by atoms with Crippen LogP contribution in [0.1, 0.15) is 26.3 Å². The van der Waals surface area contributed by atoms with E-state index in [0.717, 1.165) is 5.56 Å². The first kappa shape index (κ1) is 19.4. The predicted molar refractivity (Wildman–Crippen MR) is 109 cm³/mol. The fourth-order valence-electron chi connectivity index (χ4n) is 2.45. The van der Waals surface area contributed by atoms with Gasteiger partial charge in [0.2, 0.25) is 0 Å². The fraction of sp³-hybridized carbons (Fsp3) is 0.0435. The van der Waals surface area contributed by atoms with Crippen molar-refractivity contribution in [2.24, 2.45) is 0 Å². The van der Waals surface area contributed by atoms with Crippen LogP contribution in [0, 0.1) is 0 Å². The molecular formula is C23H17ClO4. The van der Waals surface area contributed by atoms with Crippen LogP contribution in [-0.4, -0.2) is 18.9 Å². The van der Waals surface area contributed by atoms with Gasteiger partial charge < -0.3 is 9.47 Å². The summed E-state index contributed by atoms with van der Waals surface area (Å²) in [4.78, 5) is 24.5. The number of rotatable bonds is 6. The largest absolute Gasteiger partial charge is 0.497 e. The number of hydrogen-bond acceptors (Lipinski definition) is 4. The van der Waals surface area contributed by atoms with Crippen molar-refractivity contribution in [3.63, 3.8) is 0 Å². The highest BCUT2D eigenvalue weighted by Crippen LogP contribution is 2.19. The molecule has 0 aliphatic carbocycles. The highest BCUT2D eigenvalue weighted by atomic mass is 35.5. The van der Waals surface area contributed by atoms with E-state index in [1.165, 1.54) is 6.08 Å².